The number of carbonyl (C=O) groups is 2. The number of carbonyl (C=O) groups excluding carboxylic acids is 2. The van der Waals surface area contributed by atoms with Gasteiger partial charge in [0.2, 0.25) is 5.91 Å². The summed E-state index contributed by atoms with van der Waals surface area (Å²) in [4.78, 5) is 29.2. The minimum atomic E-state index is -0.264. The molecule has 26 heavy (non-hydrogen) atoms. The van der Waals surface area contributed by atoms with E-state index in [-0.39, 0.29) is 18.4 Å². The van der Waals surface area contributed by atoms with E-state index in [2.05, 4.69) is 10.6 Å². The quantitative estimate of drug-likeness (QED) is 0.792. The van der Waals surface area contributed by atoms with Crippen LogP contribution in [-0.4, -0.2) is 50.4 Å². The van der Waals surface area contributed by atoms with E-state index < -0.39 is 0 Å². The van der Waals surface area contributed by atoms with Crippen LogP contribution in [-0.2, 0) is 4.79 Å². The molecule has 0 aromatic heterocycles. The molecule has 0 aliphatic carbocycles. The highest BCUT2D eigenvalue weighted by molar-refractivity contribution is 6.31. The second-order valence-electron chi connectivity index (χ2n) is 6.34. The molecule has 0 saturated carbocycles. The van der Waals surface area contributed by atoms with Gasteiger partial charge in [-0.2, -0.15) is 0 Å². The summed E-state index contributed by atoms with van der Waals surface area (Å²) in [5, 5.41) is 6.49. The number of anilines is 3. The fourth-order valence-electron chi connectivity index (χ4n) is 2.83. The molecule has 136 valence electrons. The van der Waals surface area contributed by atoms with Crippen LogP contribution in [0.5, 0.6) is 0 Å². The molecule has 0 bridgehead atoms. The largest absolute Gasteiger partial charge is 0.320 e. The first-order valence-electron chi connectivity index (χ1n) is 8.35. The first-order valence-corrected chi connectivity index (χ1v) is 8.73. The van der Waals surface area contributed by atoms with Crippen LogP contribution in [0.1, 0.15) is 10.4 Å². The summed E-state index contributed by atoms with van der Waals surface area (Å²) in [6.07, 6.45) is 0. The number of nitrogens with zero attached hydrogens (tertiary/aromatic N) is 2. The Morgan fingerprint density at radius 2 is 1.96 bits per heavy atom. The lowest BCUT2D eigenvalue weighted by molar-refractivity contribution is -0.117. The highest BCUT2D eigenvalue weighted by atomic mass is 35.5. The van der Waals surface area contributed by atoms with Crippen LogP contribution in [0.4, 0.5) is 17.1 Å². The molecule has 2 amide bonds. The molecule has 0 spiro atoms. The van der Waals surface area contributed by atoms with Crippen molar-refractivity contribution < 1.29 is 9.59 Å². The van der Waals surface area contributed by atoms with E-state index in [0.29, 0.717) is 34.2 Å². The van der Waals surface area contributed by atoms with Gasteiger partial charge in [0.05, 0.1) is 29.2 Å². The second kappa shape index (κ2) is 7.86. The zero-order chi connectivity index (χ0) is 18.7. The molecular formula is C19H21ClN4O2. The van der Waals surface area contributed by atoms with Crippen LogP contribution < -0.4 is 15.5 Å². The number of fused-ring (bicyclic) bond motifs is 2. The van der Waals surface area contributed by atoms with Crippen molar-refractivity contribution in [1.29, 1.82) is 0 Å². The van der Waals surface area contributed by atoms with Crippen LogP contribution >= 0.6 is 11.6 Å². The molecule has 2 aromatic carbocycles. The minimum absolute atomic E-state index is 0.142. The molecular weight excluding hydrogens is 352 g/mol. The third-order valence-corrected chi connectivity index (χ3v) is 4.33. The molecule has 0 atom stereocenters. The van der Waals surface area contributed by atoms with Crippen molar-refractivity contribution in [3.8, 4) is 0 Å². The van der Waals surface area contributed by atoms with E-state index in [9.17, 15) is 9.59 Å². The van der Waals surface area contributed by atoms with E-state index >= 15 is 0 Å². The number of hydrogen-bond donors (Lipinski definition) is 2. The minimum Gasteiger partial charge on any atom is -0.320 e. The maximum absolute atomic E-state index is 13.0. The Morgan fingerprint density at radius 1 is 1.19 bits per heavy atom. The summed E-state index contributed by atoms with van der Waals surface area (Å²) in [5.41, 5.74) is 2.12. The monoisotopic (exact) mass is 372 g/mol. The molecule has 2 N–H and O–H groups in total. The summed E-state index contributed by atoms with van der Waals surface area (Å²) < 4.78 is 0. The SMILES string of the molecule is CN(C)CCNCC(=O)N1c2ccc(Cl)cc2NC(=O)c2ccccc21. The fourth-order valence-corrected chi connectivity index (χ4v) is 3.00. The molecule has 2 aromatic rings. The highest BCUT2D eigenvalue weighted by Crippen LogP contribution is 2.39. The Morgan fingerprint density at radius 3 is 2.73 bits per heavy atom. The molecule has 1 heterocycles. The Hall–Kier alpha value is -2.41. The maximum Gasteiger partial charge on any atom is 0.257 e. The van der Waals surface area contributed by atoms with E-state index in [4.69, 9.17) is 11.6 Å². The predicted molar refractivity (Wildman–Crippen MR) is 104 cm³/mol. The first kappa shape index (κ1) is 18.4. The highest BCUT2D eigenvalue weighted by Gasteiger charge is 2.28. The number of benzene rings is 2. The summed E-state index contributed by atoms with van der Waals surface area (Å²) in [5.74, 6) is -0.406. The second-order valence-corrected chi connectivity index (χ2v) is 6.78. The average Bonchev–Trinajstić information content (AvgIpc) is 2.72. The molecule has 6 nitrogen and oxygen atoms in total. The first-order chi connectivity index (χ1) is 12.5. The van der Waals surface area contributed by atoms with E-state index in [1.165, 1.54) is 0 Å². The molecule has 0 radical (unpaired) electrons. The lowest BCUT2D eigenvalue weighted by Gasteiger charge is -2.24. The van der Waals surface area contributed by atoms with Gasteiger partial charge >= 0.3 is 0 Å². The lowest BCUT2D eigenvalue weighted by atomic mass is 10.1. The van der Waals surface area contributed by atoms with Crippen molar-refractivity contribution in [3.05, 3.63) is 53.1 Å². The van der Waals surface area contributed by atoms with Gasteiger partial charge in [-0.15, -0.1) is 0 Å². The van der Waals surface area contributed by atoms with Gasteiger partial charge in [0, 0.05) is 18.1 Å². The number of nitrogens with one attached hydrogen (secondary N) is 2. The van der Waals surface area contributed by atoms with E-state index in [0.717, 1.165) is 6.54 Å². The average molecular weight is 373 g/mol. The summed E-state index contributed by atoms with van der Waals surface area (Å²) >= 11 is 6.08. The zero-order valence-corrected chi connectivity index (χ0v) is 15.5. The molecule has 0 unspecified atom stereocenters. The Labute approximate surface area is 157 Å². The van der Waals surface area contributed by atoms with Crippen LogP contribution in [0, 0.1) is 0 Å². The number of para-hydroxylation sites is 1. The molecule has 7 heteroatoms. The van der Waals surface area contributed by atoms with Crippen molar-refractivity contribution >= 4 is 40.5 Å². The molecule has 0 fully saturated rings. The van der Waals surface area contributed by atoms with Crippen molar-refractivity contribution in [2.75, 3.05) is 43.9 Å². The molecule has 1 aliphatic heterocycles. The van der Waals surface area contributed by atoms with Crippen LogP contribution in [0.3, 0.4) is 0 Å². The van der Waals surface area contributed by atoms with Crippen molar-refractivity contribution in [1.82, 2.24) is 10.2 Å². The van der Waals surface area contributed by atoms with E-state index in [1.54, 1.807) is 41.3 Å². The van der Waals surface area contributed by atoms with E-state index in [1.807, 2.05) is 25.1 Å². The fraction of sp³-hybridized carbons (Fsp3) is 0.263. The lowest BCUT2D eigenvalue weighted by Crippen LogP contribution is -2.37. The summed E-state index contributed by atoms with van der Waals surface area (Å²) in [6, 6.07) is 12.2. The Bertz CT molecular complexity index is 838. The van der Waals surface area contributed by atoms with Crippen LogP contribution in [0.25, 0.3) is 0 Å². The molecule has 1 aliphatic rings. The standard InChI is InChI=1S/C19H21ClN4O2/c1-23(2)10-9-21-12-18(25)24-16-6-4-3-5-14(16)19(26)22-15-11-13(20)7-8-17(15)24/h3-8,11,21H,9-10,12H2,1-2H3,(H,22,26). The predicted octanol–water partition coefficient (Wildman–Crippen LogP) is 2.72. The van der Waals surface area contributed by atoms with Gasteiger partial charge < -0.3 is 15.5 Å². The van der Waals surface area contributed by atoms with Gasteiger partial charge in [-0.1, -0.05) is 23.7 Å². The van der Waals surface area contributed by atoms with Crippen LogP contribution in [0.15, 0.2) is 42.5 Å². The topological polar surface area (TPSA) is 64.7 Å². The number of amides is 2. The molecule has 3 rings (SSSR count). The normalized spacial score (nSPS) is 13.1. The Kier molecular flexibility index (Phi) is 5.56. The van der Waals surface area contributed by atoms with Gasteiger partial charge in [-0.3, -0.25) is 14.5 Å². The van der Waals surface area contributed by atoms with Crippen molar-refractivity contribution in [2.24, 2.45) is 0 Å². The number of hydrogen-bond acceptors (Lipinski definition) is 4. The third kappa shape index (κ3) is 3.88. The summed E-state index contributed by atoms with van der Waals surface area (Å²) in [6.45, 7) is 1.69. The van der Waals surface area contributed by atoms with Gasteiger partial charge in [-0.25, -0.2) is 0 Å². The van der Waals surface area contributed by atoms with Gasteiger partial charge in [0.15, 0.2) is 0 Å². The third-order valence-electron chi connectivity index (χ3n) is 4.10. The van der Waals surface area contributed by atoms with Crippen LogP contribution in [0.2, 0.25) is 5.02 Å². The maximum atomic E-state index is 13.0. The number of likely N-dealkylation sites (N-methyl/N-ethyl adjacent to an activating group) is 1. The van der Waals surface area contributed by atoms with Gasteiger partial charge in [0.25, 0.3) is 5.91 Å². The smallest absolute Gasteiger partial charge is 0.257 e. The number of rotatable bonds is 5. The van der Waals surface area contributed by atoms with Crippen molar-refractivity contribution in [3.63, 3.8) is 0 Å². The number of halogens is 1. The van der Waals surface area contributed by atoms with Gasteiger partial charge in [0.1, 0.15) is 0 Å². The zero-order valence-electron chi connectivity index (χ0n) is 14.8. The Balaban J connectivity index is 1.96. The van der Waals surface area contributed by atoms with Gasteiger partial charge in [-0.05, 0) is 44.4 Å². The summed E-state index contributed by atoms with van der Waals surface area (Å²) in [7, 11) is 3.96. The molecule has 0 saturated heterocycles. The van der Waals surface area contributed by atoms with Crippen molar-refractivity contribution in [2.45, 2.75) is 0 Å².